The lowest BCUT2D eigenvalue weighted by molar-refractivity contribution is 0.0532. The molecule has 1 saturated heterocycles. The fourth-order valence-electron chi connectivity index (χ4n) is 3.57. The van der Waals surface area contributed by atoms with Crippen LogP contribution in [0.1, 0.15) is 32.4 Å². The van der Waals surface area contributed by atoms with Gasteiger partial charge in [-0.05, 0) is 38.8 Å². The summed E-state index contributed by atoms with van der Waals surface area (Å²) in [7, 11) is 1.83. The SMILES string of the molecule is CN=C(NCCc1cc2ccccc2o1)NC1CCN(CCOC(C)C)CC1. The fourth-order valence-corrected chi connectivity index (χ4v) is 3.57. The Balaban J connectivity index is 1.35. The third kappa shape index (κ3) is 6.24. The summed E-state index contributed by atoms with van der Waals surface area (Å²) in [6.45, 7) is 9.02. The van der Waals surface area contributed by atoms with Crippen LogP contribution >= 0.6 is 0 Å². The quantitative estimate of drug-likeness (QED) is 0.539. The van der Waals surface area contributed by atoms with Gasteiger partial charge < -0.3 is 24.7 Å². The zero-order valence-electron chi connectivity index (χ0n) is 17.4. The first kappa shape index (κ1) is 20.7. The first-order chi connectivity index (χ1) is 13.6. The zero-order valence-corrected chi connectivity index (χ0v) is 17.4. The number of hydrogen-bond acceptors (Lipinski definition) is 4. The van der Waals surface area contributed by atoms with Crippen molar-refractivity contribution >= 4 is 16.9 Å². The van der Waals surface area contributed by atoms with E-state index in [0.717, 1.165) is 74.7 Å². The highest BCUT2D eigenvalue weighted by Crippen LogP contribution is 2.18. The van der Waals surface area contributed by atoms with Crippen molar-refractivity contribution in [1.29, 1.82) is 0 Å². The predicted octanol–water partition coefficient (Wildman–Crippen LogP) is 3.03. The smallest absolute Gasteiger partial charge is 0.191 e. The normalized spacial score (nSPS) is 16.8. The van der Waals surface area contributed by atoms with Crippen LogP contribution < -0.4 is 10.6 Å². The molecule has 0 aliphatic carbocycles. The van der Waals surface area contributed by atoms with E-state index in [-0.39, 0.29) is 0 Å². The Morgan fingerprint density at radius 2 is 2.07 bits per heavy atom. The van der Waals surface area contributed by atoms with Gasteiger partial charge in [0.1, 0.15) is 11.3 Å². The second-order valence-corrected chi connectivity index (χ2v) is 7.68. The number of fused-ring (bicyclic) bond motifs is 1. The van der Waals surface area contributed by atoms with E-state index in [4.69, 9.17) is 9.15 Å². The highest BCUT2D eigenvalue weighted by Gasteiger charge is 2.19. The fraction of sp³-hybridized carbons (Fsp3) is 0.591. The van der Waals surface area contributed by atoms with E-state index >= 15 is 0 Å². The molecule has 0 spiro atoms. The van der Waals surface area contributed by atoms with Crippen LogP contribution in [0.5, 0.6) is 0 Å². The summed E-state index contributed by atoms with van der Waals surface area (Å²) in [6, 6.07) is 10.7. The maximum Gasteiger partial charge on any atom is 0.191 e. The molecule has 1 aliphatic rings. The molecule has 0 radical (unpaired) electrons. The number of nitrogens with zero attached hydrogens (tertiary/aromatic N) is 2. The number of rotatable bonds is 8. The molecule has 2 N–H and O–H groups in total. The molecule has 3 rings (SSSR count). The number of furan rings is 1. The molecule has 1 aliphatic heterocycles. The third-order valence-corrected chi connectivity index (χ3v) is 5.15. The van der Waals surface area contributed by atoms with Crippen molar-refractivity contribution < 1.29 is 9.15 Å². The van der Waals surface area contributed by atoms with Gasteiger partial charge in [-0.1, -0.05) is 18.2 Å². The zero-order chi connectivity index (χ0) is 19.8. The number of nitrogens with one attached hydrogen (secondary N) is 2. The monoisotopic (exact) mass is 386 g/mol. The molecule has 1 fully saturated rings. The van der Waals surface area contributed by atoms with Gasteiger partial charge in [0.05, 0.1) is 12.7 Å². The average molecular weight is 387 g/mol. The van der Waals surface area contributed by atoms with E-state index in [2.05, 4.69) is 46.5 Å². The highest BCUT2D eigenvalue weighted by molar-refractivity contribution is 5.80. The lowest BCUT2D eigenvalue weighted by atomic mass is 10.1. The van der Waals surface area contributed by atoms with Gasteiger partial charge in [-0.3, -0.25) is 4.99 Å². The molecule has 28 heavy (non-hydrogen) atoms. The van der Waals surface area contributed by atoms with Crippen molar-refractivity contribution in [2.75, 3.05) is 39.8 Å². The van der Waals surface area contributed by atoms with Gasteiger partial charge in [0.25, 0.3) is 0 Å². The van der Waals surface area contributed by atoms with Crippen LogP contribution in [0.2, 0.25) is 0 Å². The number of guanidine groups is 1. The minimum Gasteiger partial charge on any atom is -0.461 e. The van der Waals surface area contributed by atoms with E-state index in [1.165, 1.54) is 0 Å². The first-order valence-electron chi connectivity index (χ1n) is 10.4. The van der Waals surface area contributed by atoms with Crippen molar-refractivity contribution in [2.24, 2.45) is 4.99 Å². The number of ether oxygens (including phenoxy) is 1. The van der Waals surface area contributed by atoms with Gasteiger partial charge in [0.15, 0.2) is 5.96 Å². The van der Waals surface area contributed by atoms with Gasteiger partial charge in [-0.25, -0.2) is 0 Å². The molecule has 1 aromatic heterocycles. The van der Waals surface area contributed by atoms with Crippen LogP contribution in [0.4, 0.5) is 0 Å². The Hall–Kier alpha value is -2.05. The number of para-hydroxylation sites is 1. The number of benzene rings is 1. The van der Waals surface area contributed by atoms with Gasteiger partial charge in [-0.15, -0.1) is 0 Å². The third-order valence-electron chi connectivity index (χ3n) is 5.15. The maximum absolute atomic E-state index is 5.88. The van der Waals surface area contributed by atoms with Gasteiger partial charge in [0, 0.05) is 51.1 Å². The molecular weight excluding hydrogens is 352 g/mol. The Morgan fingerprint density at radius 3 is 2.79 bits per heavy atom. The summed E-state index contributed by atoms with van der Waals surface area (Å²) >= 11 is 0. The van der Waals surface area contributed by atoms with Crippen molar-refractivity contribution in [2.45, 2.75) is 45.3 Å². The Labute approximate surface area is 168 Å². The maximum atomic E-state index is 5.88. The summed E-state index contributed by atoms with van der Waals surface area (Å²) in [4.78, 5) is 6.86. The van der Waals surface area contributed by atoms with Crippen molar-refractivity contribution in [1.82, 2.24) is 15.5 Å². The van der Waals surface area contributed by atoms with E-state index < -0.39 is 0 Å². The first-order valence-corrected chi connectivity index (χ1v) is 10.4. The summed E-state index contributed by atoms with van der Waals surface area (Å²) < 4.78 is 11.5. The topological polar surface area (TPSA) is 62.0 Å². The minimum atomic E-state index is 0.313. The highest BCUT2D eigenvalue weighted by atomic mass is 16.5. The van der Waals surface area contributed by atoms with Crippen LogP contribution in [-0.2, 0) is 11.2 Å². The summed E-state index contributed by atoms with van der Waals surface area (Å²) in [6.07, 6.45) is 3.41. The van der Waals surface area contributed by atoms with Crippen LogP contribution in [-0.4, -0.2) is 62.8 Å². The molecule has 154 valence electrons. The number of likely N-dealkylation sites (tertiary alicyclic amines) is 1. The molecule has 2 aromatic rings. The Bertz CT molecular complexity index is 715. The second-order valence-electron chi connectivity index (χ2n) is 7.68. The Kier molecular flexibility index (Phi) is 7.74. The number of aliphatic imine (C=N–C) groups is 1. The molecule has 0 saturated carbocycles. The second kappa shape index (κ2) is 10.5. The van der Waals surface area contributed by atoms with E-state index in [1.54, 1.807) is 0 Å². The largest absolute Gasteiger partial charge is 0.461 e. The van der Waals surface area contributed by atoms with Crippen molar-refractivity contribution in [3.8, 4) is 0 Å². The van der Waals surface area contributed by atoms with E-state index in [0.29, 0.717) is 12.1 Å². The molecule has 0 bridgehead atoms. The summed E-state index contributed by atoms with van der Waals surface area (Å²) in [5.74, 6) is 1.87. The van der Waals surface area contributed by atoms with Gasteiger partial charge >= 0.3 is 0 Å². The molecule has 6 nitrogen and oxygen atoms in total. The van der Waals surface area contributed by atoms with Gasteiger partial charge in [-0.2, -0.15) is 0 Å². The van der Waals surface area contributed by atoms with Crippen LogP contribution in [0.3, 0.4) is 0 Å². The summed E-state index contributed by atoms with van der Waals surface area (Å²) in [5.41, 5.74) is 0.950. The molecule has 6 heteroatoms. The molecule has 2 heterocycles. The molecule has 0 atom stereocenters. The lowest BCUT2D eigenvalue weighted by Crippen LogP contribution is -2.49. The van der Waals surface area contributed by atoms with E-state index in [1.807, 2.05) is 25.2 Å². The minimum absolute atomic E-state index is 0.313. The molecule has 0 unspecified atom stereocenters. The lowest BCUT2D eigenvalue weighted by Gasteiger charge is -2.33. The molecule has 0 amide bonds. The predicted molar refractivity (Wildman–Crippen MR) is 115 cm³/mol. The average Bonchev–Trinajstić information content (AvgIpc) is 3.11. The van der Waals surface area contributed by atoms with Crippen LogP contribution in [0, 0.1) is 0 Å². The number of piperidine rings is 1. The molecule has 1 aromatic carbocycles. The summed E-state index contributed by atoms with van der Waals surface area (Å²) in [5, 5.41) is 8.13. The van der Waals surface area contributed by atoms with Crippen molar-refractivity contribution in [3.05, 3.63) is 36.1 Å². The molecular formula is C22H34N4O2. The standard InChI is InChI=1S/C22H34N4O2/c1-17(2)27-15-14-26-12-9-19(10-13-26)25-22(23-3)24-11-8-20-16-18-6-4-5-7-21(18)28-20/h4-7,16-17,19H,8-15H2,1-3H3,(H2,23,24,25). The van der Waals surface area contributed by atoms with Crippen molar-refractivity contribution in [3.63, 3.8) is 0 Å². The van der Waals surface area contributed by atoms with Crippen LogP contribution in [0.25, 0.3) is 11.0 Å². The van der Waals surface area contributed by atoms with Gasteiger partial charge in [0.2, 0.25) is 0 Å². The van der Waals surface area contributed by atoms with Crippen LogP contribution in [0.15, 0.2) is 39.7 Å². The van der Waals surface area contributed by atoms with E-state index in [9.17, 15) is 0 Å². The Morgan fingerprint density at radius 1 is 1.29 bits per heavy atom. The number of hydrogen-bond donors (Lipinski definition) is 2.